The number of alkyl halides is 6. The summed E-state index contributed by atoms with van der Waals surface area (Å²) in [7, 11) is 0. The fourth-order valence-electron chi connectivity index (χ4n) is 2.49. The summed E-state index contributed by atoms with van der Waals surface area (Å²) in [5.74, 6) is -9.86. The predicted molar refractivity (Wildman–Crippen MR) is 87.7 cm³/mol. The van der Waals surface area contributed by atoms with Gasteiger partial charge < -0.3 is 5.11 Å². The third-order valence-electron chi connectivity index (χ3n) is 3.86. The number of aromatic carboxylic acids is 1. The normalized spacial score (nSPS) is 14.0. The van der Waals surface area contributed by atoms with Crippen LogP contribution in [0.15, 0.2) is 36.4 Å². The summed E-state index contributed by atoms with van der Waals surface area (Å²) in [6, 6.07) is 1.34. The Balaban J connectivity index is 2.62. The van der Waals surface area contributed by atoms with Crippen LogP contribution < -0.4 is 0 Å². The van der Waals surface area contributed by atoms with E-state index in [1.165, 1.54) is 0 Å². The second kappa shape index (κ2) is 8.21. The lowest BCUT2D eigenvalue weighted by molar-refractivity contribution is -0.140. The number of hydrogen-bond donors (Lipinski definition) is 1. The lowest BCUT2D eigenvalue weighted by Gasteiger charge is -2.18. The quantitative estimate of drug-likeness (QED) is 0.393. The summed E-state index contributed by atoms with van der Waals surface area (Å²) in [6.45, 7) is 0. The Morgan fingerprint density at radius 3 is 1.97 bits per heavy atom. The molecule has 1 N–H and O–H groups in total. The molecule has 1 unspecified atom stereocenters. The molecule has 30 heavy (non-hydrogen) atoms. The summed E-state index contributed by atoms with van der Waals surface area (Å²) in [5, 5.41) is 7.70. The van der Waals surface area contributed by atoms with Crippen molar-refractivity contribution in [3.05, 3.63) is 75.3 Å². The van der Waals surface area contributed by atoms with Crippen molar-refractivity contribution < 1.29 is 49.4 Å². The van der Waals surface area contributed by atoms with Gasteiger partial charge in [-0.05, 0) is 35.9 Å². The van der Waals surface area contributed by atoms with Gasteiger partial charge >= 0.3 is 18.3 Å². The van der Waals surface area contributed by atoms with Crippen LogP contribution in [0.1, 0.15) is 33.0 Å². The van der Waals surface area contributed by atoms with Crippen LogP contribution >= 0.6 is 11.6 Å². The summed E-state index contributed by atoms with van der Waals surface area (Å²) >= 11 is 5.20. The Hall–Kier alpha value is -2.69. The van der Waals surface area contributed by atoms with E-state index < -0.39 is 69.0 Å². The first-order valence-corrected chi connectivity index (χ1v) is 8.04. The van der Waals surface area contributed by atoms with E-state index in [4.69, 9.17) is 16.7 Å². The molecule has 0 aliphatic rings. The number of allylic oxidation sites excluding steroid dienone is 1. The topological polar surface area (TPSA) is 37.3 Å². The molecule has 2 nitrogen and oxygen atoms in total. The van der Waals surface area contributed by atoms with Crippen LogP contribution in [0.4, 0.5) is 39.5 Å². The average Bonchev–Trinajstić information content (AvgIpc) is 2.61. The van der Waals surface area contributed by atoms with Crippen LogP contribution in [-0.4, -0.2) is 17.3 Å². The van der Waals surface area contributed by atoms with Crippen molar-refractivity contribution in [2.45, 2.75) is 18.3 Å². The smallest absolute Gasteiger partial charge is 0.417 e. The minimum absolute atomic E-state index is 0.0196. The van der Waals surface area contributed by atoms with Crippen LogP contribution in [0.2, 0.25) is 5.02 Å². The van der Waals surface area contributed by atoms with Crippen LogP contribution in [0.3, 0.4) is 0 Å². The van der Waals surface area contributed by atoms with Gasteiger partial charge in [-0.1, -0.05) is 17.7 Å². The van der Waals surface area contributed by atoms with Crippen LogP contribution in [-0.2, 0) is 6.18 Å². The largest absolute Gasteiger partial charge is 0.478 e. The minimum Gasteiger partial charge on any atom is -0.478 e. The van der Waals surface area contributed by atoms with Gasteiger partial charge in [-0.2, -0.15) is 26.3 Å². The molecule has 0 bridgehead atoms. The Labute approximate surface area is 167 Å². The highest BCUT2D eigenvalue weighted by Crippen LogP contribution is 2.40. The lowest BCUT2D eigenvalue weighted by Crippen LogP contribution is -2.20. The molecule has 0 heterocycles. The molecule has 0 radical (unpaired) electrons. The zero-order chi connectivity index (χ0) is 23.0. The molecule has 0 aromatic heterocycles. The number of carboxylic acids is 1. The van der Waals surface area contributed by atoms with Crippen LogP contribution in [0, 0.1) is 11.6 Å². The Bertz CT molecular complexity index is 987. The Morgan fingerprint density at radius 1 is 1.00 bits per heavy atom. The van der Waals surface area contributed by atoms with Crippen molar-refractivity contribution in [1.29, 1.82) is 0 Å². The van der Waals surface area contributed by atoms with Crippen molar-refractivity contribution in [2.24, 2.45) is 0 Å². The number of carboxylic acid groups (broad SMARTS) is 1. The van der Waals surface area contributed by atoms with Gasteiger partial charge in [0.15, 0.2) is 0 Å². The van der Waals surface area contributed by atoms with Gasteiger partial charge in [-0.15, -0.1) is 0 Å². The van der Waals surface area contributed by atoms with Gasteiger partial charge in [-0.3, -0.25) is 0 Å². The molecule has 162 valence electrons. The highest BCUT2D eigenvalue weighted by Gasteiger charge is 2.41. The van der Waals surface area contributed by atoms with E-state index in [9.17, 15) is 44.3 Å². The summed E-state index contributed by atoms with van der Waals surface area (Å²) in [6.07, 6.45) is -10.7. The van der Waals surface area contributed by atoms with Crippen molar-refractivity contribution in [3.8, 4) is 0 Å². The molecular weight excluding hydrogens is 455 g/mol. The molecule has 1 atom stereocenters. The van der Waals surface area contributed by atoms with Gasteiger partial charge in [0.05, 0.1) is 11.1 Å². The van der Waals surface area contributed by atoms with Gasteiger partial charge in [0.2, 0.25) is 0 Å². The maximum Gasteiger partial charge on any atom is 0.417 e. The SMILES string of the molecule is O=C(O)c1ccc(C(F)=CC(c2cc(F)c(Cl)c(F)c2)C(F)(F)F)cc1C(F)(F)F. The maximum absolute atomic E-state index is 14.4. The molecule has 0 amide bonds. The van der Waals surface area contributed by atoms with Crippen molar-refractivity contribution in [3.63, 3.8) is 0 Å². The van der Waals surface area contributed by atoms with E-state index in [1.807, 2.05) is 0 Å². The first-order valence-electron chi connectivity index (χ1n) is 7.66. The number of carbonyl (C=O) groups is 1. The Morgan fingerprint density at radius 2 is 1.53 bits per heavy atom. The van der Waals surface area contributed by atoms with Crippen LogP contribution in [0.25, 0.3) is 5.83 Å². The second-order valence-electron chi connectivity index (χ2n) is 5.90. The highest BCUT2D eigenvalue weighted by atomic mass is 35.5. The first-order chi connectivity index (χ1) is 13.6. The number of rotatable bonds is 4. The van der Waals surface area contributed by atoms with Crippen molar-refractivity contribution >= 4 is 23.4 Å². The zero-order valence-electron chi connectivity index (χ0n) is 14.2. The molecule has 0 saturated heterocycles. The van der Waals surface area contributed by atoms with Crippen molar-refractivity contribution in [2.75, 3.05) is 0 Å². The molecule has 2 rings (SSSR count). The molecule has 2 aromatic carbocycles. The monoisotopic (exact) mass is 462 g/mol. The van der Waals surface area contributed by atoms with Gasteiger partial charge in [0, 0.05) is 5.56 Å². The molecule has 0 aliphatic heterocycles. The van der Waals surface area contributed by atoms with Crippen molar-refractivity contribution in [1.82, 2.24) is 0 Å². The lowest BCUT2D eigenvalue weighted by atomic mass is 9.95. The minimum atomic E-state index is -5.28. The predicted octanol–water partition coefficient (Wildman–Crippen LogP) is 6.99. The van der Waals surface area contributed by atoms with Gasteiger partial charge in [0.25, 0.3) is 0 Å². The second-order valence-corrected chi connectivity index (χ2v) is 6.27. The summed E-state index contributed by atoms with van der Waals surface area (Å²) < 4.78 is 121. The van der Waals surface area contributed by atoms with E-state index >= 15 is 0 Å². The van der Waals surface area contributed by atoms with E-state index in [1.54, 1.807) is 0 Å². The molecule has 12 heteroatoms. The fourth-order valence-corrected chi connectivity index (χ4v) is 2.60. The number of halogens is 10. The van der Waals surface area contributed by atoms with E-state index in [-0.39, 0.29) is 24.3 Å². The van der Waals surface area contributed by atoms with E-state index in [0.717, 1.165) is 0 Å². The maximum atomic E-state index is 14.4. The molecule has 0 aliphatic carbocycles. The van der Waals surface area contributed by atoms with Gasteiger partial charge in [-0.25, -0.2) is 18.0 Å². The third kappa shape index (κ3) is 5.07. The highest BCUT2D eigenvalue weighted by molar-refractivity contribution is 6.30. The molecule has 0 fully saturated rings. The zero-order valence-corrected chi connectivity index (χ0v) is 14.9. The fraction of sp³-hybridized carbons (Fsp3) is 0.167. The van der Waals surface area contributed by atoms with E-state index in [2.05, 4.69) is 0 Å². The number of benzene rings is 2. The van der Waals surface area contributed by atoms with Gasteiger partial charge in [0.1, 0.15) is 28.4 Å². The summed E-state index contributed by atoms with van der Waals surface area (Å²) in [5.41, 5.74) is -5.14. The standard InChI is InChI=1S/C18H8ClF9O2/c19-15-13(21)4-8(5-14(15)22)10(17(23,24)25)6-12(20)7-1-2-9(16(29)30)11(3-7)18(26,27)28/h1-6,10H,(H,29,30). The van der Waals surface area contributed by atoms with Crippen LogP contribution in [0.5, 0.6) is 0 Å². The number of hydrogen-bond acceptors (Lipinski definition) is 1. The third-order valence-corrected chi connectivity index (χ3v) is 4.22. The molecular formula is C18H8ClF9O2. The molecule has 0 saturated carbocycles. The molecule has 2 aromatic rings. The summed E-state index contributed by atoms with van der Waals surface area (Å²) in [4.78, 5) is 10.9. The molecule has 0 spiro atoms. The average molecular weight is 463 g/mol. The first kappa shape index (κ1) is 23.6. The Kier molecular flexibility index (Phi) is 6.45. The van der Waals surface area contributed by atoms with E-state index in [0.29, 0.717) is 12.1 Å².